The molecule has 1 aliphatic rings. The minimum atomic E-state index is -0.481. The summed E-state index contributed by atoms with van der Waals surface area (Å²) in [4.78, 5) is 0. The van der Waals surface area contributed by atoms with Crippen LogP contribution in [0.4, 0.5) is 5.69 Å². The molecule has 0 aliphatic carbocycles. The molecule has 2 unspecified atom stereocenters. The Morgan fingerprint density at radius 1 is 1.11 bits per heavy atom. The summed E-state index contributed by atoms with van der Waals surface area (Å²) >= 11 is 3.40. The van der Waals surface area contributed by atoms with Crippen LogP contribution < -0.4 is 5.32 Å². The van der Waals surface area contributed by atoms with Crippen LogP contribution >= 0.6 is 15.9 Å². The normalized spacial score (nSPS) is 19.1. The summed E-state index contributed by atoms with van der Waals surface area (Å²) in [6.07, 6.45) is 0.387. The van der Waals surface area contributed by atoms with E-state index in [9.17, 15) is 5.11 Å². The van der Waals surface area contributed by atoms with Crippen molar-refractivity contribution in [3.63, 3.8) is 0 Å². The van der Waals surface area contributed by atoms with Gasteiger partial charge in [0.15, 0.2) is 0 Å². The number of hydrogen-bond donors (Lipinski definition) is 2. The Bertz CT molecular complexity index is 528. The van der Waals surface area contributed by atoms with Gasteiger partial charge in [-0.25, -0.2) is 0 Å². The molecule has 0 amide bonds. The van der Waals surface area contributed by atoms with Crippen LogP contribution in [-0.2, 0) is 6.42 Å². The predicted octanol–water partition coefficient (Wildman–Crippen LogP) is 3.52. The van der Waals surface area contributed by atoms with Gasteiger partial charge in [-0.15, -0.1) is 0 Å². The first-order valence-corrected chi connectivity index (χ1v) is 6.81. The summed E-state index contributed by atoms with van der Waals surface area (Å²) in [5.41, 5.74) is 3.36. The molecule has 3 heteroatoms. The number of benzene rings is 2. The zero-order valence-electron chi connectivity index (χ0n) is 9.81. The van der Waals surface area contributed by atoms with E-state index in [1.54, 1.807) is 0 Å². The van der Waals surface area contributed by atoms with Crippen molar-refractivity contribution < 1.29 is 5.11 Å². The van der Waals surface area contributed by atoms with Crippen molar-refractivity contribution in [2.45, 2.75) is 18.6 Å². The van der Waals surface area contributed by atoms with Gasteiger partial charge in [0, 0.05) is 10.2 Å². The lowest BCUT2D eigenvalue weighted by Gasteiger charge is -2.19. The third-order valence-electron chi connectivity index (χ3n) is 3.39. The molecular weight excluding hydrogens is 290 g/mol. The highest BCUT2D eigenvalue weighted by Crippen LogP contribution is 2.32. The summed E-state index contributed by atoms with van der Waals surface area (Å²) in [7, 11) is 0. The second-order valence-corrected chi connectivity index (χ2v) is 5.52. The van der Waals surface area contributed by atoms with Crippen LogP contribution in [0.1, 0.15) is 17.2 Å². The number of rotatable bonds is 2. The minimum Gasteiger partial charge on any atom is -0.386 e. The van der Waals surface area contributed by atoms with Crippen LogP contribution in [0.2, 0.25) is 0 Å². The van der Waals surface area contributed by atoms with Crippen LogP contribution in [-0.4, -0.2) is 11.1 Å². The van der Waals surface area contributed by atoms with E-state index in [2.05, 4.69) is 33.4 Å². The Kier molecular flexibility index (Phi) is 3.10. The van der Waals surface area contributed by atoms with Crippen molar-refractivity contribution in [3.8, 4) is 0 Å². The third-order valence-corrected chi connectivity index (χ3v) is 3.92. The first-order valence-electron chi connectivity index (χ1n) is 6.02. The zero-order chi connectivity index (χ0) is 12.5. The van der Waals surface area contributed by atoms with Gasteiger partial charge in [-0.05, 0) is 35.7 Å². The highest BCUT2D eigenvalue weighted by molar-refractivity contribution is 9.10. The molecule has 2 N–H and O–H groups in total. The standard InChI is InChI=1S/C15H14BrNO/c16-12-7-5-10(6-8-12)15(18)14-9-11-3-1-2-4-13(11)17-14/h1-8,14-15,17-18H,9H2. The van der Waals surface area contributed by atoms with E-state index in [4.69, 9.17) is 0 Å². The van der Waals surface area contributed by atoms with E-state index in [-0.39, 0.29) is 6.04 Å². The quantitative estimate of drug-likeness (QED) is 0.890. The summed E-state index contributed by atoms with van der Waals surface area (Å²) in [6.45, 7) is 0. The first-order chi connectivity index (χ1) is 8.74. The molecule has 2 aromatic rings. The maximum atomic E-state index is 10.4. The van der Waals surface area contributed by atoms with Gasteiger partial charge in [0.05, 0.1) is 12.1 Å². The number of fused-ring (bicyclic) bond motifs is 1. The monoisotopic (exact) mass is 303 g/mol. The molecule has 0 saturated carbocycles. The second kappa shape index (κ2) is 4.75. The Morgan fingerprint density at radius 2 is 1.83 bits per heavy atom. The smallest absolute Gasteiger partial charge is 0.0994 e. The molecule has 1 aliphatic heterocycles. The molecule has 3 rings (SSSR count). The molecule has 0 saturated heterocycles. The second-order valence-electron chi connectivity index (χ2n) is 4.61. The molecular formula is C15H14BrNO. The maximum absolute atomic E-state index is 10.4. The molecule has 0 spiro atoms. The fraction of sp³-hybridized carbons (Fsp3) is 0.200. The highest BCUT2D eigenvalue weighted by Gasteiger charge is 2.27. The molecule has 0 bridgehead atoms. The van der Waals surface area contributed by atoms with Gasteiger partial charge in [0.2, 0.25) is 0 Å². The maximum Gasteiger partial charge on any atom is 0.0994 e. The molecule has 0 fully saturated rings. The Labute approximate surface area is 115 Å². The SMILES string of the molecule is OC(c1ccc(Br)cc1)C1Cc2ccccc2N1. The van der Waals surface area contributed by atoms with E-state index in [0.717, 1.165) is 22.1 Å². The van der Waals surface area contributed by atoms with Gasteiger partial charge >= 0.3 is 0 Å². The highest BCUT2D eigenvalue weighted by atomic mass is 79.9. The third kappa shape index (κ3) is 2.16. The van der Waals surface area contributed by atoms with Crippen LogP contribution in [0.5, 0.6) is 0 Å². The molecule has 2 nitrogen and oxygen atoms in total. The summed E-state index contributed by atoms with van der Waals surface area (Å²) < 4.78 is 1.03. The van der Waals surface area contributed by atoms with Crippen molar-refractivity contribution in [3.05, 3.63) is 64.1 Å². The molecule has 18 heavy (non-hydrogen) atoms. The number of halogens is 1. The Morgan fingerprint density at radius 3 is 2.56 bits per heavy atom. The van der Waals surface area contributed by atoms with Gasteiger partial charge in [0.25, 0.3) is 0 Å². The van der Waals surface area contributed by atoms with E-state index in [1.165, 1.54) is 5.56 Å². The van der Waals surface area contributed by atoms with Gasteiger partial charge < -0.3 is 10.4 Å². The van der Waals surface area contributed by atoms with E-state index in [0.29, 0.717) is 0 Å². The van der Waals surface area contributed by atoms with Crippen molar-refractivity contribution in [2.24, 2.45) is 0 Å². The molecule has 0 aromatic heterocycles. The van der Waals surface area contributed by atoms with Gasteiger partial charge in [-0.3, -0.25) is 0 Å². The van der Waals surface area contributed by atoms with Crippen LogP contribution in [0, 0.1) is 0 Å². The average Bonchev–Trinajstić information content (AvgIpc) is 2.82. The Hall–Kier alpha value is -1.32. The fourth-order valence-electron chi connectivity index (χ4n) is 2.41. The van der Waals surface area contributed by atoms with E-state index < -0.39 is 6.10 Å². The molecule has 92 valence electrons. The number of aliphatic hydroxyl groups is 1. The van der Waals surface area contributed by atoms with E-state index >= 15 is 0 Å². The topological polar surface area (TPSA) is 32.3 Å². The van der Waals surface area contributed by atoms with Gasteiger partial charge in [0.1, 0.15) is 0 Å². The van der Waals surface area contributed by atoms with E-state index in [1.807, 2.05) is 36.4 Å². The van der Waals surface area contributed by atoms with Gasteiger partial charge in [-0.2, -0.15) is 0 Å². The summed E-state index contributed by atoms with van der Waals surface area (Å²) in [5, 5.41) is 13.8. The summed E-state index contributed by atoms with van der Waals surface area (Å²) in [5.74, 6) is 0. The molecule has 1 heterocycles. The molecule has 2 aromatic carbocycles. The van der Waals surface area contributed by atoms with Crippen molar-refractivity contribution in [2.75, 3.05) is 5.32 Å². The number of aliphatic hydroxyl groups excluding tert-OH is 1. The summed E-state index contributed by atoms with van der Waals surface area (Å²) in [6, 6.07) is 16.1. The van der Waals surface area contributed by atoms with Crippen molar-refractivity contribution in [1.29, 1.82) is 0 Å². The van der Waals surface area contributed by atoms with Crippen LogP contribution in [0.3, 0.4) is 0 Å². The lowest BCUT2D eigenvalue weighted by molar-refractivity contribution is 0.156. The lowest BCUT2D eigenvalue weighted by atomic mass is 9.99. The Balaban J connectivity index is 1.80. The van der Waals surface area contributed by atoms with Crippen LogP contribution in [0.15, 0.2) is 53.0 Å². The number of para-hydroxylation sites is 1. The largest absolute Gasteiger partial charge is 0.386 e. The fourth-order valence-corrected chi connectivity index (χ4v) is 2.67. The lowest BCUT2D eigenvalue weighted by Crippen LogP contribution is -2.24. The number of anilines is 1. The molecule has 0 radical (unpaired) electrons. The number of hydrogen-bond acceptors (Lipinski definition) is 2. The van der Waals surface area contributed by atoms with Crippen LogP contribution in [0.25, 0.3) is 0 Å². The minimum absolute atomic E-state index is 0.0589. The predicted molar refractivity (Wildman–Crippen MR) is 76.7 cm³/mol. The van der Waals surface area contributed by atoms with Crippen molar-refractivity contribution in [1.82, 2.24) is 0 Å². The number of nitrogens with one attached hydrogen (secondary N) is 1. The molecule has 2 atom stereocenters. The van der Waals surface area contributed by atoms with Crippen molar-refractivity contribution >= 4 is 21.6 Å². The average molecular weight is 304 g/mol. The first kappa shape index (κ1) is 11.8. The van der Waals surface area contributed by atoms with Gasteiger partial charge in [-0.1, -0.05) is 46.3 Å². The zero-order valence-corrected chi connectivity index (χ0v) is 11.4.